The fourth-order valence-corrected chi connectivity index (χ4v) is 2.80. The second-order valence-electron chi connectivity index (χ2n) is 4.32. The van der Waals surface area contributed by atoms with Crippen LogP contribution in [0.4, 0.5) is 4.39 Å². The lowest BCUT2D eigenvalue weighted by Gasteiger charge is -2.19. The highest BCUT2D eigenvalue weighted by Gasteiger charge is 2.16. The summed E-state index contributed by atoms with van der Waals surface area (Å²) in [6, 6.07) is 9.43. The van der Waals surface area contributed by atoms with Crippen molar-refractivity contribution in [3.8, 4) is 0 Å². The molecule has 0 saturated carbocycles. The van der Waals surface area contributed by atoms with Gasteiger partial charge in [-0.1, -0.05) is 39.1 Å². The summed E-state index contributed by atoms with van der Waals surface area (Å²) < 4.78 is 14.1. The van der Waals surface area contributed by atoms with Crippen molar-refractivity contribution in [2.75, 3.05) is 0 Å². The van der Waals surface area contributed by atoms with Gasteiger partial charge in [0.05, 0.1) is 6.04 Å². The van der Waals surface area contributed by atoms with E-state index in [2.05, 4.69) is 21.4 Å². The van der Waals surface area contributed by atoms with Crippen molar-refractivity contribution in [2.45, 2.75) is 12.5 Å². The van der Waals surface area contributed by atoms with Crippen molar-refractivity contribution in [2.24, 2.45) is 5.84 Å². The second kappa shape index (κ2) is 6.87. The molecule has 0 fully saturated rings. The van der Waals surface area contributed by atoms with Gasteiger partial charge >= 0.3 is 0 Å². The van der Waals surface area contributed by atoms with Crippen LogP contribution in [0.2, 0.25) is 10.0 Å². The van der Waals surface area contributed by atoms with Gasteiger partial charge in [0.2, 0.25) is 0 Å². The molecule has 0 heterocycles. The van der Waals surface area contributed by atoms with E-state index >= 15 is 0 Å². The van der Waals surface area contributed by atoms with Crippen molar-refractivity contribution < 1.29 is 4.39 Å². The highest BCUT2D eigenvalue weighted by atomic mass is 79.9. The number of halogens is 4. The number of benzene rings is 2. The van der Waals surface area contributed by atoms with Gasteiger partial charge in [-0.25, -0.2) is 4.39 Å². The maximum Gasteiger partial charge on any atom is 0.123 e. The SMILES string of the molecule is NNC(Cc1cc(F)ccc1Br)c1cc(Cl)ccc1Cl. The van der Waals surface area contributed by atoms with E-state index < -0.39 is 0 Å². The molecule has 0 aromatic heterocycles. The Bertz CT molecular complexity index is 622. The van der Waals surface area contributed by atoms with Gasteiger partial charge in [0.1, 0.15) is 5.82 Å². The zero-order chi connectivity index (χ0) is 14.7. The molecule has 1 unspecified atom stereocenters. The van der Waals surface area contributed by atoms with E-state index in [-0.39, 0.29) is 11.9 Å². The Morgan fingerprint density at radius 1 is 1.20 bits per heavy atom. The van der Waals surface area contributed by atoms with Crippen molar-refractivity contribution in [1.82, 2.24) is 5.43 Å². The predicted octanol–water partition coefficient (Wildman–Crippen LogP) is 4.64. The Morgan fingerprint density at radius 3 is 2.65 bits per heavy atom. The summed E-state index contributed by atoms with van der Waals surface area (Å²) in [5.41, 5.74) is 4.27. The fraction of sp³-hybridized carbons (Fsp3) is 0.143. The van der Waals surface area contributed by atoms with E-state index in [4.69, 9.17) is 29.0 Å². The molecule has 0 radical (unpaired) electrons. The minimum absolute atomic E-state index is 0.265. The normalized spacial score (nSPS) is 12.4. The molecule has 2 rings (SSSR count). The van der Waals surface area contributed by atoms with Gasteiger partial charge in [0.25, 0.3) is 0 Å². The molecule has 2 aromatic carbocycles. The van der Waals surface area contributed by atoms with Crippen molar-refractivity contribution in [1.29, 1.82) is 0 Å². The minimum Gasteiger partial charge on any atom is -0.271 e. The third kappa shape index (κ3) is 3.71. The van der Waals surface area contributed by atoms with E-state index in [1.807, 2.05) is 0 Å². The van der Waals surface area contributed by atoms with E-state index in [0.29, 0.717) is 16.5 Å². The first kappa shape index (κ1) is 15.7. The van der Waals surface area contributed by atoms with E-state index in [1.165, 1.54) is 12.1 Å². The average Bonchev–Trinajstić information content (AvgIpc) is 2.42. The van der Waals surface area contributed by atoms with Crippen LogP contribution in [0, 0.1) is 5.82 Å². The van der Waals surface area contributed by atoms with Crippen LogP contribution in [0.5, 0.6) is 0 Å². The van der Waals surface area contributed by atoms with Crippen LogP contribution >= 0.6 is 39.1 Å². The lowest BCUT2D eigenvalue weighted by molar-refractivity contribution is 0.548. The molecule has 2 nitrogen and oxygen atoms in total. The number of rotatable bonds is 4. The zero-order valence-electron chi connectivity index (χ0n) is 10.3. The first-order chi connectivity index (χ1) is 9.51. The molecule has 0 spiro atoms. The maximum atomic E-state index is 13.3. The molecule has 0 aliphatic rings. The van der Waals surface area contributed by atoms with Gasteiger partial charge in [-0.2, -0.15) is 0 Å². The van der Waals surface area contributed by atoms with Crippen LogP contribution in [0.1, 0.15) is 17.2 Å². The summed E-state index contributed by atoms with van der Waals surface area (Å²) in [6.07, 6.45) is 0.481. The highest BCUT2D eigenvalue weighted by Crippen LogP contribution is 2.30. The molecule has 0 amide bonds. The topological polar surface area (TPSA) is 38.0 Å². The van der Waals surface area contributed by atoms with Gasteiger partial charge in [-0.05, 0) is 53.9 Å². The Morgan fingerprint density at radius 2 is 1.95 bits per heavy atom. The summed E-state index contributed by atoms with van der Waals surface area (Å²) in [7, 11) is 0. The molecule has 106 valence electrons. The van der Waals surface area contributed by atoms with Gasteiger partial charge in [0, 0.05) is 14.5 Å². The van der Waals surface area contributed by atoms with Crippen molar-refractivity contribution in [3.05, 3.63) is 67.9 Å². The molecule has 3 N–H and O–H groups in total. The third-order valence-corrected chi connectivity index (χ3v) is 4.32. The smallest absolute Gasteiger partial charge is 0.123 e. The van der Waals surface area contributed by atoms with Crippen LogP contribution < -0.4 is 11.3 Å². The van der Waals surface area contributed by atoms with Gasteiger partial charge in [-0.3, -0.25) is 11.3 Å². The van der Waals surface area contributed by atoms with Gasteiger partial charge < -0.3 is 0 Å². The molecule has 20 heavy (non-hydrogen) atoms. The number of hydrogen-bond donors (Lipinski definition) is 2. The average molecular weight is 378 g/mol. The Kier molecular flexibility index (Phi) is 5.41. The summed E-state index contributed by atoms with van der Waals surface area (Å²) >= 11 is 15.5. The predicted molar refractivity (Wildman–Crippen MR) is 84.3 cm³/mol. The first-order valence-electron chi connectivity index (χ1n) is 5.86. The molecule has 6 heteroatoms. The first-order valence-corrected chi connectivity index (χ1v) is 7.41. The monoisotopic (exact) mass is 376 g/mol. The summed E-state index contributed by atoms with van der Waals surface area (Å²) in [6.45, 7) is 0. The van der Waals surface area contributed by atoms with Crippen LogP contribution in [-0.2, 0) is 6.42 Å². The summed E-state index contributed by atoms with van der Waals surface area (Å²) in [4.78, 5) is 0. The standard InChI is InChI=1S/C14H12BrCl2FN2/c15-12-3-2-10(18)5-8(12)6-14(20-19)11-7-9(16)1-4-13(11)17/h1-5,7,14,20H,6,19H2. The van der Waals surface area contributed by atoms with Crippen LogP contribution in [0.15, 0.2) is 40.9 Å². The summed E-state index contributed by atoms with van der Waals surface area (Å²) in [5, 5.41) is 1.13. The van der Waals surface area contributed by atoms with E-state index in [0.717, 1.165) is 15.6 Å². The maximum absolute atomic E-state index is 13.3. The molecule has 2 aromatic rings. The molecule has 0 aliphatic carbocycles. The van der Waals surface area contributed by atoms with Crippen molar-refractivity contribution in [3.63, 3.8) is 0 Å². The largest absolute Gasteiger partial charge is 0.271 e. The summed E-state index contributed by atoms with van der Waals surface area (Å²) in [5.74, 6) is 5.30. The zero-order valence-corrected chi connectivity index (χ0v) is 13.4. The van der Waals surface area contributed by atoms with Crippen LogP contribution in [0.25, 0.3) is 0 Å². The minimum atomic E-state index is -0.295. The Balaban J connectivity index is 2.33. The fourth-order valence-electron chi connectivity index (χ4n) is 1.96. The van der Waals surface area contributed by atoms with Gasteiger partial charge in [0.15, 0.2) is 0 Å². The Labute approximate surface area is 135 Å². The lowest BCUT2D eigenvalue weighted by atomic mass is 9.99. The lowest BCUT2D eigenvalue weighted by Crippen LogP contribution is -2.30. The molecular weight excluding hydrogens is 366 g/mol. The third-order valence-electron chi connectivity index (χ3n) is 2.97. The molecule has 0 saturated heterocycles. The van der Waals surface area contributed by atoms with Crippen LogP contribution in [-0.4, -0.2) is 0 Å². The number of nitrogens with two attached hydrogens (primary N) is 1. The van der Waals surface area contributed by atoms with E-state index in [1.54, 1.807) is 24.3 Å². The van der Waals surface area contributed by atoms with E-state index in [9.17, 15) is 4.39 Å². The molecule has 0 bridgehead atoms. The van der Waals surface area contributed by atoms with Crippen LogP contribution in [0.3, 0.4) is 0 Å². The Hall–Kier alpha value is -0.650. The highest BCUT2D eigenvalue weighted by molar-refractivity contribution is 9.10. The number of hydrazine groups is 1. The molecule has 1 atom stereocenters. The number of nitrogens with one attached hydrogen (secondary N) is 1. The molecule has 0 aliphatic heterocycles. The number of hydrogen-bond acceptors (Lipinski definition) is 2. The van der Waals surface area contributed by atoms with Gasteiger partial charge in [-0.15, -0.1) is 0 Å². The quantitative estimate of drug-likeness (QED) is 0.601. The molecular formula is C14H12BrCl2FN2. The second-order valence-corrected chi connectivity index (χ2v) is 6.02. The van der Waals surface area contributed by atoms with Crippen molar-refractivity contribution >= 4 is 39.1 Å².